The fourth-order valence-electron chi connectivity index (χ4n) is 0.924. The smallest absolute Gasteiger partial charge is 0.320 e. The van der Waals surface area contributed by atoms with Crippen LogP contribution in [0.2, 0.25) is 0 Å². The Labute approximate surface area is 101 Å². The van der Waals surface area contributed by atoms with Crippen molar-refractivity contribution in [3.05, 3.63) is 0 Å². The normalized spacial score (nSPS) is 11.2. The third-order valence-corrected chi connectivity index (χ3v) is 1.97. The molecular formula is C11H22FNO4. The lowest BCUT2D eigenvalue weighted by Crippen LogP contribution is -2.30. The molecule has 0 aliphatic carbocycles. The summed E-state index contributed by atoms with van der Waals surface area (Å²) in [5.74, 6) is -2.20. The molecule has 4 N–H and O–H groups in total. The minimum Gasteiger partial charge on any atom is -0.481 e. The first-order valence-corrected chi connectivity index (χ1v) is 5.71. The fourth-order valence-corrected chi connectivity index (χ4v) is 0.924. The van der Waals surface area contributed by atoms with E-state index >= 15 is 0 Å². The fraction of sp³-hybridized carbons (Fsp3) is 0.818. The maximum Gasteiger partial charge on any atom is 0.320 e. The number of aliphatic carboxylic acids is 2. The molecule has 0 fully saturated rings. The highest BCUT2D eigenvalue weighted by molar-refractivity contribution is 5.74. The van der Waals surface area contributed by atoms with Crippen LogP contribution in [0.1, 0.15) is 45.4 Å². The molecule has 0 aromatic carbocycles. The molecule has 0 aromatic rings. The lowest BCUT2D eigenvalue weighted by atomic mass is 10.2. The SMILES string of the molecule is CCCCCCF.NC(CCC(=O)O)C(=O)O. The van der Waals surface area contributed by atoms with Gasteiger partial charge in [0.2, 0.25) is 0 Å². The maximum atomic E-state index is 11.3. The van der Waals surface area contributed by atoms with Crippen LogP contribution >= 0.6 is 0 Å². The lowest BCUT2D eigenvalue weighted by molar-refractivity contribution is -0.139. The Morgan fingerprint density at radius 2 is 1.82 bits per heavy atom. The second-order valence-electron chi connectivity index (χ2n) is 3.63. The van der Waals surface area contributed by atoms with E-state index in [4.69, 9.17) is 15.9 Å². The maximum absolute atomic E-state index is 11.3. The number of unbranched alkanes of at least 4 members (excludes halogenated alkanes) is 3. The van der Waals surface area contributed by atoms with E-state index in [1.54, 1.807) is 0 Å². The number of halogens is 1. The second kappa shape index (κ2) is 12.9. The van der Waals surface area contributed by atoms with Crippen molar-refractivity contribution in [3.63, 3.8) is 0 Å². The predicted octanol–water partition coefficient (Wildman–Crippen LogP) is 1.80. The van der Waals surface area contributed by atoms with Gasteiger partial charge in [0.25, 0.3) is 0 Å². The van der Waals surface area contributed by atoms with E-state index in [1.807, 2.05) is 0 Å². The first kappa shape index (κ1) is 18.2. The molecule has 102 valence electrons. The molecule has 0 saturated heterocycles. The van der Waals surface area contributed by atoms with Crippen LogP contribution < -0.4 is 5.73 Å². The van der Waals surface area contributed by atoms with Gasteiger partial charge in [0, 0.05) is 6.42 Å². The number of alkyl halides is 1. The standard InChI is InChI=1S/C6H13F.C5H9NO4/c1-2-3-4-5-6-7;6-3(5(9)10)1-2-4(7)8/h2-6H2,1H3;3H,1-2,6H2,(H,7,8)(H,9,10). The van der Waals surface area contributed by atoms with E-state index in [0.29, 0.717) is 0 Å². The van der Waals surface area contributed by atoms with E-state index in [2.05, 4.69) is 6.92 Å². The van der Waals surface area contributed by atoms with E-state index in [1.165, 1.54) is 12.8 Å². The number of nitrogens with two attached hydrogens (primary N) is 1. The zero-order chi connectivity index (χ0) is 13.7. The summed E-state index contributed by atoms with van der Waals surface area (Å²) < 4.78 is 11.3. The average Bonchev–Trinajstić information content (AvgIpc) is 2.27. The molecule has 1 atom stereocenters. The second-order valence-corrected chi connectivity index (χ2v) is 3.63. The van der Waals surface area contributed by atoms with E-state index < -0.39 is 18.0 Å². The van der Waals surface area contributed by atoms with Crippen LogP contribution in [-0.4, -0.2) is 34.9 Å². The number of rotatable bonds is 8. The monoisotopic (exact) mass is 251 g/mol. The predicted molar refractivity (Wildman–Crippen MR) is 62.6 cm³/mol. The largest absolute Gasteiger partial charge is 0.481 e. The molecule has 0 aromatic heterocycles. The van der Waals surface area contributed by atoms with Crippen molar-refractivity contribution >= 4 is 11.9 Å². The Balaban J connectivity index is 0. The van der Waals surface area contributed by atoms with Gasteiger partial charge in [0.15, 0.2) is 0 Å². The molecule has 0 aliphatic heterocycles. The van der Waals surface area contributed by atoms with Crippen molar-refractivity contribution in [1.82, 2.24) is 0 Å². The summed E-state index contributed by atoms with van der Waals surface area (Å²) in [5.41, 5.74) is 5.00. The quantitative estimate of drug-likeness (QED) is 0.571. The number of carboxylic acids is 2. The summed E-state index contributed by atoms with van der Waals surface area (Å²) in [6, 6.07) is -1.06. The average molecular weight is 251 g/mol. The van der Waals surface area contributed by atoms with Crippen LogP contribution in [0.5, 0.6) is 0 Å². The molecular weight excluding hydrogens is 229 g/mol. The highest BCUT2D eigenvalue weighted by Gasteiger charge is 2.12. The summed E-state index contributed by atoms with van der Waals surface area (Å²) in [6.07, 6.45) is 3.98. The van der Waals surface area contributed by atoms with E-state index in [-0.39, 0.29) is 19.5 Å². The van der Waals surface area contributed by atoms with Crippen LogP contribution in [-0.2, 0) is 9.59 Å². The minimum absolute atomic E-state index is 0.0231. The molecule has 0 heterocycles. The Kier molecular flexibility index (Phi) is 13.8. The Hall–Kier alpha value is -1.17. The van der Waals surface area contributed by atoms with Crippen molar-refractivity contribution in [2.45, 2.75) is 51.5 Å². The van der Waals surface area contributed by atoms with E-state index in [9.17, 15) is 14.0 Å². The molecule has 1 unspecified atom stereocenters. The molecule has 0 bridgehead atoms. The molecule has 0 saturated carbocycles. The van der Waals surface area contributed by atoms with Crippen molar-refractivity contribution in [2.24, 2.45) is 5.73 Å². The number of carbonyl (C=O) groups is 2. The summed E-state index contributed by atoms with van der Waals surface area (Å²) in [6.45, 7) is 1.98. The van der Waals surface area contributed by atoms with Gasteiger partial charge in [-0.15, -0.1) is 0 Å². The van der Waals surface area contributed by atoms with Gasteiger partial charge in [-0.1, -0.05) is 26.2 Å². The van der Waals surface area contributed by atoms with Crippen LogP contribution in [0.15, 0.2) is 0 Å². The van der Waals surface area contributed by atoms with Gasteiger partial charge in [-0.2, -0.15) is 0 Å². The van der Waals surface area contributed by atoms with Gasteiger partial charge in [0.05, 0.1) is 6.67 Å². The van der Waals surface area contributed by atoms with Crippen LogP contribution in [0.4, 0.5) is 4.39 Å². The Morgan fingerprint density at radius 1 is 1.24 bits per heavy atom. The molecule has 0 rings (SSSR count). The number of hydrogen-bond acceptors (Lipinski definition) is 3. The molecule has 0 spiro atoms. The van der Waals surface area contributed by atoms with Gasteiger partial charge >= 0.3 is 11.9 Å². The molecule has 0 radical (unpaired) electrons. The molecule has 0 amide bonds. The third-order valence-electron chi connectivity index (χ3n) is 1.97. The Morgan fingerprint density at radius 3 is 2.18 bits per heavy atom. The van der Waals surface area contributed by atoms with Crippen LogP contribution in [0, 0.1) is 0 Å². The van der Waals surface area contributed by atoms with Crippen molar-refractivity contribution in [3.8, 4) is 0 Å². The van der Waals surface area contributed by atoms with Gasteiger partial charge in [-0.25, -0.2) is 0 Å². The Bertz CT molecular complexity index is 208. The zero-order valence-corrected chi connectivity index (χ0v) is 10.2. The van der Waals surface area contributed by atoms with Crippen LogP contribution in [0.3, 0.4) is 0 Å². The van der Waals surface area contributed by atoms with Crippen LogP contribution in [0.25, 0.3) is 0 Å². The summed E-state index contributed by atoms with van der Waals surface area (Å²) in [4.78, 5) is 19.9. The molecule has 17 heavy (non-hydrogen) atoms. The first-order chi connectivity index (χ1) is 7.95. The molecule has 6 heteroatoms. The van der Waals surface area contributed by atoms with Crippen molar-refractivity contribution in [1.29, 1.82) is 0 Å². The molecule has 5 nitrogen and oxygen atoms in total. The summed E-state index contributed by atoms with van der Waals surface area (Å²) in [5, 5.41) is 16.3. The van der Waals surface area contributed by atoms with Gasteiger partial charge in [0.1, 0.15) is 6.04 Å². The van der Waals surface area contributed by atoms with Gasteiger partial charge in [-0.05, 0) is 12.8 Å². The summed E-state index contributed by atoms with van der Waals surface area (Å²) in [7, 11) is 0. The minimum atomic E-state index is -1.17. The number of carboxylic acid groups (broad SMARTS) is 2. The molecule has 0 aliphatic rings. The third kappa shape index (κ3) is 17.4. The highest BCUT2D eigenvalue weighted by atomic mass is 19.1. The van der Waals surface area contributed by atoms with E-state index in [0.717, 1.165) is 12.8 Å². The van der Waals surface area contributed by atoms with Crippen molar-refractivity contribution < 1.29 is 24.2 Å². The topological polar surface area (TPSA) is 101 Å². The highest BCUT2D eigenvalue weighted by Crippen LogP contribution is 1.97. The summed E-state index contributed by atoms with van der Waals surface area (Å²) >= 11 is 0. The number of hydrogen-bond donors (Lipinski definition) is 3. The lowest BCUT2D eigenvalue weighted by Gasteiger charge is -2.01. The first-order valence-electron chi connectivity index (χ1n) is 5.71. The zero-order valence-electron chi connectivity index (χ0n) is 10.2. The van der Waals surface area contributed by atoms with Gasteiger partial charge < -0.3 is 15.9 Å². The van der Waals surface area contributed by atoms with Crippen molar-refractivity contribution in [2.75, 3.05) is 6.67 Å². The van der Waals surface area contributed by atoms with Gasteiger partial charge in [-0.3, -0.25) is 14.0 Å².